The molecule has 0 heterocycles. The molecule has 0 aromatic heterocycles. The number of benzene rings is 1. The number of rotatable bonds is 7. The molecule has 4 heteroatoms. The third kappa shape index (κ3) is 9.83. The van der Waals surface area contributed by atoms with E-state index >= 15 is 0 Å². The molecule has 1 aromatic rings. The lowest BCUT2D eigenvalue weighted by Crippen LogP contribution is -2.19. The van der Waals surface area contributed by atoms with Crippen molar-refractivity contribution in [2.45, 2.75) is 6.42 Å². The van der Waals surface area contributed by atoms with Gasteiger partial charge in [0.05, 0.1) is 6.07 Å². The SMILES string of the molecule is C=C(C(=O)O)C(C=Cc1ccccc1)CCN(C)C.C=CC#N. The molecule has 4 nitrogen and oxygen atoms in total. The van der Waals surface area contributed by atoms with E-state index in [0.29, 0.717) is 0 Å². The van der Waals surface area contributed by atoms with Gasteiger partial charge in [0.2, 0.25) is 0 Å². The van der Waals surface area contributed by atoms with Gasteiger partial charge in [0, 0.05) is 17.6 Å². The van der Waals surface area contributed by atoms with Gasteiger partial charge in [-0.3, -0.25) is 0 Å². The Kier molecular flexibility index (Phi) is 10.6. The molecule has 0 aliphatic heterocycles. The molecule has 0 saturated heterocycles. The molecule has 0 saturated carbocycles. The molecule has 1 unspecified atom stereocenters. The highest BCUT2D eigenvalue weighted by atomic mass is 16.4. The molecule has 1 N–H and O–H groups in total. The summed E-state index contributed by atoms with van der Waals surface area (Å²) >= 11 is 0. The summed E-state index contributed by atoms with van der Waals surface area (Å²) in [5.74, 6) is -1.07. The van der Waals surface area contributed by atoms with Crippen LogP contribution in [0, 0.1) is 17.2 Å². The van der Waals surface area contributed by atoms with Gasteiger partial charge in [-0.1, -0.05) is 55.6 Å². The Labute approximate surface area is 138 Å². The number of carboxylic acids is 1. The predicted octanol–water partition coefficient (Wildman–Crippen LogP) is 3.60. The van der Waals surface area contributed by atoms with Gasteiger partial charge in [0.1, 0.15) is 0 Å². The minimum Gasteiger partial charge on any atom is -0.478 e. The maximum atomic E-state index is 11.0. The van der Waals surface area contributed by atoms with E-state index in [-0.39, 0.29) is 11.5 Å². The summed E-state index contributed by atoms with van der Waals surface area (Å²) in [5.41, 5.74) is 1.31. The number of nitrogens with zero attached hydrogens (tertiary/aromatic N) is 2. The van der Waals surface area contributed by atoms with Crippen LogP contribution < -0.4 is 0 Å². The lowest BCUT2D eigenvalue weighted by Gasteiger charge is -2.16. The third-order valence-electron chi connectivity index (χ3n) is 3.02. The van der Waals surface area contributed by atoms with Crippen LogP contribution in [-0.2, 0) is 4.79 Å². The second-order valence-corrected chi connectivity index (χ2v) is 5.13. The number of nitriles is 1. The highest BCUT2D eigenvalue weighted by molar-refractivity contribution is 5.87. The number of hydrogen-bond acceptors (Lipinski definition) is 3. The molecule has 122 valence electrons. The first-order valence-electron chi connectivity index (χ1n) is 7.23. The van der Waals surface area contributed by atoms with E-state index < -0.39 is 5.97 Å². The van der Waals surface area contributed by atoms with Gasteiger partial charge in [0.25, 0.3) is 0 Å². The quantitative estimate of drug-likeness (QED) is 0.617. The zero-order valence-corrected chi connectivity index (χ0v) is 13.8. The monoisotopic (exact) mass is 312 g/mol. The minimum atomic E-state index is -0.929. The van der Waals surface area contributed by atoms with Crippen molar-refractivity contribution in [3.8, 4) is 6.07 Å². The Balaban J connectivity index is 0.00000108. The summed E-state index contributed by atoms with van der Waals surface area (Å²) in [4.78, 5) is 13.1. The fraction of sp³-hybridized carbons (Fsp3) is 0.263. The van der Waals surface area contributed by atoms with Gasteiger partial charge < -0.3 is 10.0 Å². The highest BCUT2D eigenvalue weighted by Gasteiger charge is 2.15. The van der Waals surface area contributed by atoms with Crippen molar-refractivity contribution >= 4 is 12.0 Å². The molecule has 0 fully saturated rings. The van der Waals surface area contributed by atoms with Crippen LogP contribution in [0.2, 0.25) is 0 Å². The van der Waals surface area contributed by atoms with Crippen LogP contribution in [-0.4, -0.2) is 36.6 Å². The Morgan fingerprint density at radius 2 is 1.96 bits per heavy atom. The number of hydrogen-bond donors (Lipinski definition) is 1. The largest absolute Gasteiger partial charge is 0.478 e. The summed E-state index contributed by atoms with van der Waals surface area (Å²) < 4.78 is 0. The average Bonchev–Trinajstić information content (AvgIpc) is 2.55. The maximum Gasteiger partial charge on any atom is 0.331 e. The van der Waals surface area contributed by atoms with Gasteiger partial charge >= 0.3 is 5.97 Å². The van der Waals surface area contributed by atoms with Crippen molar-refractivity contribution in [3.05, 3.63) is 66.8 Å². The van der Waals surface area contributed by atoms with Crippen LogP contribution in [0.3, 0.4) is 0 Å². The zero-order valence-electron chi connectivity index (χ0n) is 13.8. The molecule has 0 radical (unpaired) electrons. The lowest BCUT2D eigenvalue weighted by atomic mass is 9.95. The normalized spacial score (nSPS) is 11.2. The van der Waals surface area contributed by atoms with Crippen LogP contribution in [0.1, 0.15) is 12.0 Å². The van der Waals surface area contributed by atoms with E-state index in [9.17, 15) is 4.79 Å². The first kappa shape index (κ1) is 20.4. The highest BCUT2D eigenvalue weighted by Crippen LogP contribution is 2.18. The van der Waals surface area contributed by atoms with Crippen molar-refractivity contribution in [2.75, 3.05) is 20.6 Å². The Morgan fingerprint density at radius 1 is 1.39 bits per heavy atom. The van der Waals surface area contributed by atoms with Crippen molar-refractivity contribution in [2.24, 2.45) is 5.92 Å². The van der Waals surface area contributed by atoms with E-state index in [1.165, 1.54) is 6.08 Å². The number of allylic oxidation sites excluding steroid dienone is 2. The van der Waals surface area contributed by atoms with Gasteiger partial charge in [0.15, 0.2) is 0 Å². The van der Waals surface area contributed by atoms with Crippen molar-refractivity contribution in [1.82, 2.24) is 4.90 Å². The van der Waals surface area contributed by atoms with Gasteiger partial charge in [-0.05, 0) is 32.6 Å². The molecule has 1 rings (SSSR count). The molecule has 0 bridgehead atoms. The second kappa shape index (κ2) is 12.0. The van der Waals surface area contributed by atoms with Gasteiger partial charge in [-0.2, -0.15) is 5.26 Å². The smallest absolute Gasteiger partial charge is 0.331 e. The van der Waals surface area contributed by atoms with E-state index in [0.717, 1.165) is 18.5 Å². The van der Waals surface area contributed by atoms with Crippen molar-refractivity contribution in [1.29, 1.82) is 5.26 Å². The van der Waals surface area contributed by atoms with Crippen LogP contribution in [0.4, 0.5) is 0 Å². The summed E-state index contributed by atoms with van der Waals surface area (Å²) in [6.07, 6.45) is 5.81. The lowest BCUT2D eigenvalue weighted by molar-refractivity contribution is -0.133. The van der Waals surface area contributed by atoms with Crippen molar-refractivity contribution in [3.63, 3.8) is 0 Å². The molecule has 23 heavy (non-hydrogen) atoms. The van der Waals surface area contributed by atoms with Crippen LogP contribution in [0.25, 0.3) is 6.08 Å². The molecule has 1 atom stereocenters. The van der Waals surface area contributed by atoms with E-state index in [2.05, 4.69) is 13.2 Å². The molecule has 0 amide bonds. The van der Waals surface area contributed by atoms with E-state index in [4.69, 9.17) is 10.4 Å². The first-order valence-corrected chi connectivity index (χ1v) is 7.23. The topological polar surface area (TPSA) is 64.3 Å². The van der Waals surface area contributed by atoms with Crippen LogP contribution >= 0.6 is 0 Å². The predicted molar refractivity (Wildman–Crippen MR) is 94.7 cm³/mol. The summed E-state index contributed by atoms with van der Waals surface area (Å²) in [6.45, 7) is 7.62. The first-order chi connectivity index (χ1) is 10.9. The van der Waals surface area contributed by atoms with Gasteiger partial charge in [-0.15, -0.1) is 0 Å². The Hall–Kier alpha value is -2.64. The average molecular weight is 312 g/mol. The molecule has 0 aliphatic rings. The Bertz CT molecular complexity index is 569. The van der Waals surface area contributed by atoms with Crippen LogP contribution in [0.5, 0.6) is 0 Å². The minimum absolute atomic E-state index is 0.139. The fourth-order valence-corrected chi connectivity index (χ4v) is 1.73. The summed E-state index contributed by atoms with van der Waals surface area (Å²) in [7, 11) is 3.95. The number of carbonyl (C=O) groups is 1. The zero-order chi connectivity index (χ0) is 17.7. The molecular weight excluding hydrogens is 288 g/mol. The third-order valence-corrected chi connectivity index (χ3v) is 3.02. The molecule has 0 aliphatic carbocycles. The number of carboxylic acid groups (broad SMARTS) is 1. The van der Waals surface area contributed by atoms with Gasteiger partial charge in [-0.25, -0.2) is 4.79 Å². The van der Waals surface area contributed by atoms with Crippen molar-refractivity contribution < 1.29 is 9.90 Å². The summed E-state index contributed by atoms with van der Waals surface area (Å²) in [5, 5.41) is 16.6. The van der Waals surface area contributed by atoms with Crippen LogP contribution in [0.15, 0.2) is 61.2 Å². The fourth-order valence-electron chi connectivity index (χ4n) is 1.73. The van der Waals surface area contributed by atoms with E-state index in [1.54, 1.807) is 6.07 Å². The molecular formula is C19H24N2O2. The molecule has 0 spiro atoms. The molecule has 1 aromatic carbocycles. The Morgan fingerprint density at radius 3 is 2.39 bits per heavy atom. The van der Waals surface area contributed by atoms with E-state index in [1.807, 2.05) is 61.5 Å². The number of aliphatic carboxylic acids is 1. The second-order valence-electron chi connectivity index (χ2n) is 5.13. The standard InChI is InChI=1S/C16H21NO2.C3H3N/c1-13(16(18)19)15(11-12-17(2)3)10-9-14-7-5-4-6-8-14;1-2-3-4/h4-10,15H,1,11-12H2,2-3H3,(H,18,19);2H,1H2. The summed E-state index contributed by atoms with van der Waals surface area (Å²) in [6, 6.07) is 11.5. The maximum absolute atomic E-state index is 11.0.